The molecule has 0 spiro atoms. The Morgan fingerprint density at radius 1 is 1.31 bits per heavy atom. The van der Waals surface area contributed by atoms with Crippen LogP contribution in [0.1, 0.15) is 24.3 Å². The fraction of sp³-hybridized carbons (Fsp3) is 0.350. The van der Waals surface area contributed by atoms with E-state index in [0.29, 0.717) is 24.7 Å². The summed E-state index contributed by atoms with van der Waals surface area (Å²) in [6.45, 7) is 8.41. The second-order valence-electron chi connectivity index (χ2n) is 6.55. The molecule has 0 radical (unpaired) electrons. The van der Waals surface area contributed by atoms with Crippen LogP contribution in [0.5, 0.6) is 0 Å². The van der Waals surface area contributed by atoms with Crippen molar-refractivity contribution in [3.8, 4) is 11.5 Å². The number of piperidine rings is 1. The third-order valence-electron chi connectivity index (χ3n) is 4.71. The van der Waals surface area contributed by atoms with Crippen LogP contribution in [-0.2, 0) is 9.59 Å². The van der Waals surface area contributed by atoms with Crippen LogP contribution in [0.25, 0.3) is 11.5 Å². The van der Waals surface area contributed by atoms with E-state index < -0.39 is 0 Å². The molecule has 1 aromatic heterocycles. The zero-order valence-corrected chi connectivity index (χ0v) is 15.1. The Kier molecular flexibility index (Phi) is 5.21. The van der Waals surface area contributed by atoms with Crippen molar-refractivity contribution in [1.29, 1.82) is 0 Å². The number of benzene rings is 1. The minimum absolute atomic E-state index is 0.0675. The summed E-state index contributed by atoms with van der Waals surface area (Å²) in [4.78, 5) is 30.3. The normalized spacial score (nSPS) is 17.0. The van der Waals surface area contributed by atoms with Gasteiger partial charge in [0.15, 0.2) is 0 Å². The first-order valence-corrected chi connectivity index (χ1v) is 8.74. The highest BCUT2D eigenvalue weighted by Crippen LogP contribution is 2.24. The number of oxazole rings is 1. The van der Waals surface area contributed by atoms with Crippen molar-refractivity contribution < 1.29 is 14.0 Å². The van der Waals surface area contributed by atoms with Gasteiger partial charge in [0, 0.05) is 24.3 Å². The molecule has 1 aliphatic rings. The van der Waals surface area contributed by atoms with E-state index >= 15 is 0 Å². The number of aromatic nitrogens is 1. The highest BCUT2D eigenvalue weighted by molar-refractivity contribution is 5.94. The van der Waals surface area contributed by atoms with Crippen molar-refractivity contribution in [2.24, 2.45) is 5.92 Å². The lowest BCUT2D eigenvalue weighted by molar-refractivity contribution is -0.130. The second kappa shape index (κ2) is 7.56. The standard InChI is InChI=1S/C20H23N3O3/c1-4-18(24)23-11-5-6-16(12-23)19(25)22-17-9-7-15(8-10-17)20-21-13(2)14(3)26-20/h4,7-10,16H,1,5-6,11-12H2,2-3H3,(H,22,25). The fourth-order valence-electron chi connectivity index (χ4n) is 3.06. The summed E-state index contributed by atoms with van der Waals surface area (Å²) in [6.07, 6.45) is 2.89. The Morgan fingerprint density at radius 3 is 2.65 bits per heavy atom. The van der Waals surface area contributed by atoms with Crippen molar-refractivity contribution in [1.82, 2.24) is 9.88 Å². The first-order valence-electron chi connectivity index (χ1n) is 8.74. The summed E-state index contributed by atoms with van der Waals surface area (Å²) < 4.78 is 5.62. The van der Waals surface area contributed by atoms with Gasteiger partial charge in [0.25, 0.3) is 0 Å². The molecule has 136 valence electrons. The maximum atomic E-state index is 12.5. The van der Waals surface area contributed by atoms with Crippen LogP contribution in [0.4, 0.5) is 5.69 Å². The Hall–Kier alpha value is -2.89. The fourth-order valence-corrected chi connectivity index (χ4v) is 3.06. The van der Waals surface area contributed by atoms with Gasteiger partial charge in [-0.15, -0.1) is 0 Å². The number of rotatable bonds is 4. The number of carbonyl (C=O) groups is 2. The highest BCUT2D eigenvalue weighted by Gasteiger charge is 2.27. The van der Waals surface area contributed by atoms with Gasteiger partial charge < -0.3 is 14.6 Å². The second-order valence-corrected chi connectivity index (χ2v) is 6.55. The summed E-state index contributed by atoms with van der Waals surface area (Å²) >= 11 is 0. The molecule has 1 aromatic carbocycles. The minimum Gasteiger partial charge on any atom is -0.441 e. The maximum Gasteiger partial charge on any atom is 0.245 e. The van der Waals surface area contributed by atoms with Gasteiger partial charge in [-0.1, -0.05) is 6.58 Å². The summed E-state index contributed by atoms with van der Waals surface area (Å²) in [5.41, 5.74) is 2.44. The van der Waals surface area contributed by atoms with Crippen molar-refractivity contribution in [3.05, 3.63) is 48.4 Å². The van der Waals surface area contributed by atoms with Gasteiger partial charge in [-0.05, 0) is 57.0 Å². The lowest BCUT2D eigenvalue weighted by atomic mass is 9.97. The lowest BCUT2D eigenvalue weighted by Crippen LogP contribution is -2.43. The maximum absolute atomic E-state index is 12.5. The predicted octanol–water partition coefficient (Wildman–Crippen LogP) is 3.32. The number of carbonyl (C=O) groups excluding carboxylic acids is 2. The number of hydrogen-bond donors (Lipinski definition) is 1. The SMILES string of the molecule is C=CC(=O)N1CCCC(C(=O)Nc2ccc(-c3nc(C)c(C)o3)cc2)C1. The lowest BCUT2D eigenvalue weighted by Gasteiger charge is -2.31. The number of nitrogens with one attached hydrogen (secondary N) is 1. The molecule has 2 aromatic rings. The third kappa shape index (κ3) is 3.85. The summed E-state index contributed by atoms with van der Waals surface area (Å²) in [7, 11) is 0. The topological polar surface area (TPSA) is 75.4 Å². The van der Waals surface area contributed by atoms with E-state index in [4.69, 9.17) is 4.42 Å². The van der Waals surface area contributed by atoms with E-state index in [2.05, 4.69) is 16.9 Å². The van der Waals surface area contributed by atoms with Gasteiger partial charge in [-0.2, -0.15) is 0 Å². The Balaban J connectivity index is 1.64. The van der Waals surface area contributed by atoms with E-state index in [1.165, 1.54) is 6.08 Å². The molecule has 1 N–H and O–H groups in total. The van der Waals surface area contributed by atoms with Crippen molar-refractivity contribution >= 4 is 17.5 Å². The third-order valence-corrected chi connectivity index (χ3v) is 4.71. The van der Waals surface area contributed by atoms with Gasteiger partial charge in [0.1, 0.15) is 5.76 Å². The highest BCUT2D eigenvalue weighted by atomic mass is 16.4. The van der Waals surface area contributed by atoms with Gasteiger partial charge in [-0.25, -0.2) is 4.98 Å². The molecular formula is C20H23N3O3. The van der Waals surface area contributed by atoms with E-state index in [9.17, 15) is 9.59 Å². The molecule has 1 unspecified atom stereocenters. The number of anilines is 1. The van der Waals surface area contributed by atoms with Crippen LogP contribution < -0.4 is 5.32 Å². The summed E-state index contributed by atoms with van der Waals surface area (Å²) in [5.74, 6) is 0.979. The quantitative estimate of drug-likeness (QED) is 0.856. The minimum atomic E-state index is -0.204. The van der Waals surface area contributed by atoms with Crippen LogP contribution >= 0.6 is 0 Å². The van der Waals surface area contributed by atoms with Crippen LogP contribution in [-0.4, -0.2) is 34.8 Å². The molecule has 2 heterocycles. The zero-order valence-electron chi connectivity index (χ0n) is 15.1. The molecule has 0 aliphatic carbocycles. The number of likely N-dealkylation sites (tertiary alicyclic amines) is 1. The van der Waals surface area contributed by atoms with E-state index in [-0.39, 0.29) is 17.7 Å². The van der Waals surface area contributed by atoms with Crippen LogP contribution in [0, 0.1) is 19.8 Å². The Bertz CT molecular complexity index is 804. The molecular weight excluding hydrogens is 330 g/mol. The van der Waals surface area contributed by atoms with Crippen molar-refractivity contribution in [3.63, 3.8) is 0 Å². The summed E-state index contributed by atoms with van der Waals surface area (Å²) in [6, 6.07) is 7.40. The smallest absolute Gasteiger partial charge is 0.245 e. The monoisotopic (exact) mass is 353 g/mol. The predicted molar refractivity (Wildman–Crippen MR) is 99.5 cm³/mol. The molecule has 3 rings (SSSR count). The Labute approximate surface area is 152 Å². The van der Waals surface area contributed by atoms with E-state index in [1.807, 2.05) is 38.1 Å². The van der Waals surface area contributed by atoms with Crippen LogP contribution in [0.2, 0.25) is 0 Å². The number of nitrogens with zero attached hydrogens (tertiary/aromatic N) is 2. The number of amides is 2. The average Bonchev–Trinajstić information content (AvgIpc) is 3.00. The molecule has 1 atom stereocenters. The van der Waals surface area contributed by atoms with Crippen LogP contribution in [0.3, 0.4) is 0 Å². The van der Waals surface area contributed by atoms with Crippen LogP contribution in [0.15, 0.2) is 41.3 Å². The first kappa shape index (κ1) is 17.9. The van der Waals surface area contributed by atoms with Gasteiger partial charge in [-0.3, -0.25) is 9.59 Å². The molecule has 1 aliphatic heterocycles. The number of aryl methyl sites for hydroxylation is 2. The number of hydrogen-bond acceptors (Lipinski definition) is 4. The molecule has 6 nitrogen and oxygen atoms in total. The molecule has 0 bridgehead atoms. The molecule has 6 heteroatoms. The first-order chi connectivity index (χ1) is 12.5. The Morgan fingerprint density at radius 2 is 2.04 bits per heavy atom. The molecule has 1 fully saturated rings. The van der Waals surface area contributed by atoms with E-state index in [0.717, 1.165) is 29.9 Å². The van der Waals surface area contributed by atoms with Gasteiger partial charge in [0.2, 0.25) is 17.7 Å². The molecule has 2 amide bonds. The largest absolute Gasteiger partial charge is 0.441 e. The molecule has 1 saturated heterocycles. The molecule has 0 saturated carbocycles. The summed E-state index contributed by atoms with van der Waals surface area (Å²) in [5, 5.41) is 2.93. The van der Waals surface area contributed by atoms with Gasteiger partial charge in [0.05, 0.1) is 11.6 Å². The molecule has 26 heavy (non-hydrogen) atoms. The van der Waals surface area contributed by atoms with Crippen molar-refractivity contribution in [2.75, 3.05) is 18.4 Å². The zero-order chi connectivity index (χ0) is 18.7. The van der Waals surface area contributed by atoms with E-state index in [1.54, 1.807) is 4.90 Å². The van der Waals surface area contributed by atoms with Crippen molar-refractivity contribution in [2.45, 2.75) is 26.7 Å². The van der Waals surface area contributed by atoms with Gasteiger partial charge >= 0.3 is 0 Å². The average molecular weight is 353 g/mol.